The molecule has 3 N–H and O–H groups in total. The smallest absolute Gasteiger partial charge is 0.324 e. The summed E-state index contributed by atoms with van der Waals surface area (Å²) >= 11 is 0. The SMILES string of the molecule is O=P(O)(O)CCNCCN(CP(c1ccccc1)c1ccccc1)CP(c1ccccc1)c1ccccc1. The van der Waals surface area contributed by atoms with Gasteiger partial charge in [-0.15, -0.1) is 0 Å². The van der Waals surface area contributed by atoms with Gasteiger partial charge in [-0.25, -0.2) is 0 Å². The zero-order chi connectivity index (χ0) is 26.6. The minimum absolute atomic E-state index is 0.144. The van der Waals surface area contributed by atoms with Crippen molar-refractivity contribution in [1.82, 2.24) is 10.2 Å². The Morgan fingerprint density at radius 2 is 0.921 bits per heavy atom. The number of benzene rings is 4. The van der Waals surface area contributed by atoms with Crippen LogP contribution in [-0.2, 0) is 4.57 Å². The van der Waals surface area contributed by atoms with E-state index in [4.69, 9.17) is 0 Å². The predicted octanol–water partition coefficient (Wildman–Crippen LogP) is 4.24. The highest BCUT2D eigenvalue weighted by Crippen LogP contribution is 2.39. The molecule has 0 atom stereocenters. The summed E-state index contributed by atoms with van der Waals surface area (Å²) in [6, 6.07) is 43.0. The molecule has 8 heteroatoms. The maximum Gasteiger partial charge on any atom is 0.326 e. The molecular weight excluding hydrogens is 529 g/mol. The molecule has 0 fully saturated rings. The maximum absolute atomic E-state index is 11.3. The Labute approximate surface area is 228 Å². The number of nitrogens with zero attached hydrogens (tertiary/aromatic N) is 1. The minimum atomic E-state index is -4.00. The molecule has 4 rings (SSSR count). The van der Waals surface area contributed by atoms with Crippen molar-refractivity contribution in [3.63, 3.8) is 0 Å². The second-order valence-electron chi connectivity index (χ2n) is 9.01. The molecule has 38 heavy (non-hydrogen) atoms. The summed E-state index contributed by atoms with van der Waals surface area (Å²) in [6.45, 7) is 1.76. The zero-order valence-corrected chi connectivity index (χ0v) is 24.1. The van der Waals surface area contributed by atoms with Gasteiger partial charge in [0.2, 0.25) is 0 Å². The van der Waals surface area contributed by atoms with Crippen LogP contribution in [0, 0.1) is 0 Å². The standard InChI is InChI=1S/C30H35N2O3P3/c33-38(34,35)24-22-31-21-23-32(25-36(27-13-5-1-6-14-27)28-15-7-2-8-16-28)26-37(29-17-9-3-10-18-29)30-19-11-4-12-20-30/h1-20,31H,21-26H2,(H2,33,34,35). The summed E-state index contributed by atoms with van der Waals surface area (Å²) < 4.78 is 11.3. The summed E-state index contributed by atoms with van der Waals surface area (Å²) in [6.07, 6.45) is 1.67. The van der Waals surface area contributed by atoms with Gasteiger partial charge in [0.1, 0.15) is 0 Å². The summed E-state index contributed by atoms with van der Waals surface area (Å²) in [4.78, 5) is 21.0. The Bertz CT molecular complexity index is 1100. The first-order valence-corrected chi connectivity index (χ1v) is 17.6. The van der Waals surface area contributed by atoms with Crippen molar-refractivity contribution in [1.29, 1.82) is 0 Å². The molecule has 0 aromatic heterocycles. The highest BCUT2D eigenvalue weighted by molar-refractivity contribution is 7.73. The van der Waals surface area contributed by atoms with Crippen LogP contribution in [0.15, 0.2) is 121 Å². The summed E-state index contributed by atoms with van der Waals surface area (Å²) in [5, 5.41) is 8.64. The van der Waals surface area contributed by atoms with E-state index in [2.05, 4.69) is 132 Å². The molecule has 0 aliphatic rings. The Morgan fingerprint density at radius 1 is 0.579 bits per heavy atom. The lowest BCUT2D eigenvalue weighted by atomic mass is 10.4. The number of rotatable bonds is 14. The van der Waals surface area contributed by atoms with Crippen LogP contribution in [0.4, 0.5) is 0 Å². The molecule has 0 saturated carbocycles. The maximum atomic E-state index is 11.3. The van der Waals surface area contributed by atoms with Gasteiger partial charge in [0.15, 0.2) is 0 Å². The molecular formula is C30H35N2O3P3. The Morgan fingerprint density at radius 3 is 1.24 bits per heavy atom. The summed E-state index contributed by atoms with van der Waals surface area (Å²) in [5.74, 6) is 0. The lowest BCUT2D eigenvalue weighted by molar-refractivity contribution is 0.361. The van der Waals surface area contributed by atoms with E-state index in [0.717, 1.165) is 19.1 Å². The molecule has 5 nitrogen and oxygen atoms in total. The van der Waals surface area contributed by atoms with Crippen molar-refractivity contribution in [3.05, 3.63) is 121 Å². The van der Waals surface area contributed by atoms with Gasteiger partial charge in [-0.3, -0.25) is 9.46 Å². The molecule has 4 aromatic rings. The van der Waals surface area contributed by atoms with E-state index in [-0.39, 0.29) is 6.16 Å². The summed E-state index contributed by atoms with van der Waals surface area (Å²) in [7, 11) is -5.24. The normalized spacial score (nSPS) is 11.9. The third kappa shape index (κ3) is 9.23. The van der Waals surface area contributed by atoms with Crippen LogP contribution >= 0.6 is 23.4 Å². The van der Waals surface area contributed by atoms with Crippen LogP contribution in [0.3, 0.4) is 0 Å². The monoisotopic (exact) mass is 564 g/mol. The third-order valence-electron chi connectivity index (χ3n) is 6.14. The number of nitrogens with one attached hydrogen (secondary N) is 1. The quantitative estimate of drug-likeness (QED) is 0.158. The van der Waals surface area contributed by atoms with Gasteiger partial charge in [-0.1, -0.05) is 121 Å². The van der Waals surface area contributed by atoms with Crippen LogP contribution in [0.25, 0.3) is 0 Å². The first-order chi connectivity index (χ1) is 18.5. The van der Waals surface area contributed by atoms with E-state index in [0.29, 0.717) is 13.1 Å². The van der Waals surface area contributed by atoms with Crippen LogP contribution < -0.4 is 26.5 Å². The lowest BCUT2D eigenvalue weighted by Crippen LogP contribution is -2.37. The second kappa shape index (κ2) is 14.8. The number of hydrogen-bond acceptors (Lipinski definition) is 3. The van der Waals surface area contributed by atoms with E-state index in [1.807, 2.05) is 0 Å². The molecule has 0 aliphatic heterocycles. The minimum Gasteiger partial charge on any atom is -0.324 e. The van der Waals surface area contributed by atoms with E-state index in [1.54, 1.807) is 0 Å². The molecule has 0 unspecified atom stereocenters. The fraction of sp³-hybridized carbons (Fsp3) is 0.200. The fourth-order valence-electron chi connectivity index (χ4n) is 4.23. The van der Waals surface area contributed by atoms with Crippen molar-refractivity contribution >= 4 is 44.7 Å². The van der Waals surface area contributed by atoms with Gasteiger partial charge < -0.3 is 15.1 Å². The molecule has 0 bridgehead atoms. The number of hydrogen-bond donors (Lipinski definition) is 3. The van der Waals surface area contributed by atoms with Gasteiger partial charge in [0.05, 0.1) is 6.16 Å². The molecule has 0 heterocycles. The summed E-state index contributed by atoms with van der Waals surface area (Å²) in [5.41, 5.74) is 0. The molecule has 0 amide bonds. The Kier molecular flexibility index (Phi) is 11.2. The van der Waals surface area contributed by atoms with Crippen molar-refractivity contribution in [2.24, 2.45) is 0 Å². The van der Waals surface area contributed by atoms with Crippen molar-refractivity contribution in [3.8, 4) is 0 Å². The highest BCUT2D eigenvalue weighted by Gasteiger charge is 2.22. The molecule has 0 aliphatic carbocycles. The first kappa shape index (κ1) is 28.8. The largest absolute Gasteiger partial charge is 0.326 e. The van der Waals surface area contributed by atoms with Crippen molar-refractivity contribution < 1.29 is 14.4 Å². The highest BCUT2D eigenvalue weighted by atomic mass is 31.2. The van der Waals surface area contributed by atoms with Crippen molar-refractivity contribution in [2.75, 3.05) is 38.4 Å². The average molecular weight is 565 g/mol. The molecule has 0 saturated heterocycles. The van der Waals surface area contributed by atoms with E-state index < -0.39 is 23.4 Å². The van der Waals surface area contributed by atoms with Crippen LogP contribution in [0.1, 0.15) is 0 Å². The topological polar surface area (TPSA) is 72.8 Å². The Hall–Kier alpha value is -2.19. The van der Waals surface area contributed by atoms with Crippen LogP contribution in [0.5, 0.6) is 0 Å². The Balaban J connectivity index is 1.61. The van der Waals surface area contributed by atoms with E-state index >= 15 is 0 Å². The van der Waals surface area contributed by atoms with Gasteiger partial charge in [0, 0.05) is 32.2 Å². The van der Waals surface area contributed by atoms with Gasteiger partial charge in [0.25, 0.3) is 0 Å². The van der Waals surface area contributed by atoms with Crippen LogP contribution in [-0.4, -0.2) is 53.1 Å². The fourth-order valence-corrected chi connectivity index (χ4v) is 9.50. The molecule has 0 spiro atoms. The average Bonchev–Trinajstić information content (AvgIpc) is 2.95. The second-order valence-corrected chi connectivity index (χ2v) is 15.1. The zero-order valence-electron chi connectivity index (χ0n) is 21.4. The van der Waals surface area contributed by atoms with Gasteiger partial charge in [-0.05, 0) is 37.1 Å². The first-order valence-electron chi connectivity index (χ1n) is 12.7. The lowest BCUT2D eigenvalue weighted by Gasteiger charge is -2.32. The van der Waals surface area contributed by atoms with Crippen molar-refractivity contribution in [2.45, 2.75) is 0 Å². The molecule has 4 aromatic carbocycles. The van der Waals surface area contributed by atoms with E-state index in [1.165, 1.54) is 21.2 Å². The third-order valence-corrected chi connectivity index (χ3v) is 12.0. The molecule has 0 radical (unpaired) electrons. The molecule has 198 valence electrons. The van der Waals surface area contributed by atoms with Crippen LogP contribution in [0.2, 0.25) is 0 Å². The van der Waals surface area contributed by atoms with Gasteiger partial charge in [-0.2, -0.15) is 0 Å². The predicted molar refractivity (Wildman–Crippen MR) is 164 cm³/mol. The van der Waals surface area contributed by atoms with E-state index in [9.17, 15) is 14.4 Å². The van der Waals surface area contributed by atoms with Gasteiger partial charge >= 0.3 is 7.60 Å².